The Bertz CT molecular complexity index is 1150. The molecule has 0 fully saturated rings. The largest absolute Gasteiger partial charge is 0.493 e. The smallest absolute Gasteiger partial charge is 0.302 e. The van der Waals surface area contributed by atoms with Gasteiger partial charge in [-0.15, -0.1) is 0 Å². The molecule has 1 aliphatic rings. The second kappa shape index (κ2) is 9.56. The standard InChI is InChI=1S/C22H21N5O4S/c1-30-19-8-5-15(9-20(19)31-2)18-12-32-22(29)27(26-18)11-14-3-6-16(7-4-14)25-21(28)17-10-23-13-24-17/h3-10,13H,11-12H2,1-2H3,(H,23,24)(H,25,28). The minimum Gasteiger partial charge on any atom is -0.493 e. The van der Waals surface area contributed by atoms with Crippen molar-refractivity contribution in [2.24, 2.45) is 5.10 Å². The molecule has 0 saturated carbocycles. The van der Waals surface area contributed by atoms with E-state index in [0.29, 0.717) is 35.2 Å². The van der Waals surface area contributed by atoms with Crippen molar-refractivity contribution >= 4 is 34.3 Å². The number of H-pyrrole nitrogens is 1. The fourth-order valence-corrected chi connectivity index (χ4v) is 3.86. The summed E-state index contributed by atoms with van der Waals surface area (Å²) in [5.74, 6) is 1.44. The Morgan fingerprint density at radius 1 is 1.16 bits per heavy atom. The van der Waals surface area contributed by atoms with Gasteiger partial charge in [-0.25, -0.2) is 9.99 Å². The zero-order valence-electron chi connectivity index (χ0n) is 17.5. The molecule has 0 radical (unpaired) electrons. The summed E-state index contributed by atoms with van der Waals surface area (Å²) in [6.45, 7) is 0.317. The molecular weight excluding hydrogens is 430 g/mol. The van der Waals surface area contributed by atoms with Crippen molar-refractivity contribution in [1.82, 2.24) is 15.0 Å². The van der Waals surface area contributed by atoms with Crippen LogP contribution in [0.4, 0.5) is 10.5 Å². The number of hydrazone groups is 1. The van der Waals surface area contributed by atoms with Gasteiger partial charge < -0.3 is 19.8 Å². The quantitative estimate of drug-likeness (QED) is 0.566. The van der Waals surface area contributed by atoms with Crippen LogP contribution in [0.15, 0.2) is 60.1 Å². The van der Waals surface area contributed by atoms with Gasteiger partial charge in [0.05, 0.1) is 39.0 Å². The average molecular weight is 452 g/mol. The molecule has 2 N–H and O–H groups in total. The summed E-state index contributed by atoms with van der Waals surface area (Å²) in [5, 5.41) is 8.68. The van der Waals surface area contributed by atoms with Gasteiger partial charge in [0.25, 0.3) is 5.91 Å². The van der Waals surface area contributed by atoms with Gasteiger partial charge in [-0.05, 0) is 35.9 Å². The molecule has 4 rings (SSSR count). The van der Waals surface area contributed by atoms with Crippen LogP contribution in [0.1, 0.15) is 21.6 Å². The lowest BCUT2D eigenvalue weighted by molar-refractivity contribution is 0.102. The van der Waals surface area contributed by atoms with Crippen molar-refractivity contribution in [3.63, 3.8) is 0 Å². The minimum atomic E-state index is -0.276. The molecule has 0 bridgehead atoms. The van der Waals surface area contributed by atoms with Gasteiger partial charge >= 0.3 is 5.24 Å². The summed E-state index contributed by atoms with van der Waals surface area (Å²) >= 11 is 1.20. The molecule has 3 aromatic rings. The van der Waals surface area contributed by atoms with Gasteiger partial charge in [0.15, 0.2) is 11.5 Å². The molecule has 2 aromatic carbocycles. The Morgan fingerprint density at radius 3 is 2.62 bits per heavy atom. The predicted molar refractivity (Wildman–Crippen MR) is 122 cm³/mol. The van der Waals surface area contributed by atoms with Crippen LogP contribution in [0.3, 0.4) is 0 Å². The number of methoxy groups -OCH3 is 2. The van der Waals surface area contributed by atoms with E-state index < -0.39 is 0 Å². The molecule has 10 heteroatoms. The van der Waals surface area contributed by atoms with Crippen molar-refractivity contribution in [2.75, 3.05) is 25.3 Å². The monoisotopic (exact) mass is 451 g/mol. The normalized spacial score (nSPS) is 13.5. The number of carbonyl (C=O) groups excluding carboxylic acids is 2. The highest BCUT2D eigenvalue weighted by Gasteiger charge is 2.23. The second-order valence-electron chi connectivity index (χ2n) is 6.85. The number of aromatic amines is 1. The van der Waals surface area contributed by atoms with E-state index in [1.165, 1.54) is 29.3 Å². The number of amides is 2. The average Bonchev–Trinajstić information content (AvgIpc) is 3.36. The molecule has 0 saturated heterocycles. The van der Waals surface area contributed by atoms with E-state index in [4.69, 9.17) is 9.47 Å². The maximum Gasteiger partial charge on any atom is 0.302 e. The molecule has 164 valence electrons. The van der Waals surface area contributed by atoms with Crippen molar-refractivity contribution in [2.45, 2.75) is 6.54 Å². The minimum absolute atomic E-state index is 0.120. The first-order chi connectivity index (χ1) is 15.6. The van der Waals surface area contributed by atoms with E-state index in [9.17, 15) is 9.59 Å². The van der Waals surface area contributed by atoms with Crippen LogP contribution in [-0.2, 0) is 6.54 Å². The fraction of sp³-hybridized carbons (Fsp3) is 0.182. The Labute approximate surface area is 188 Å². The lowest BCUT2D eigenvalue weighted by Crippen LogP contribution is -2.29. The molecule has 9 nitrogen and oxygen atoms in total. The number of hydrogen-bond acceptors (Lipinski definition) is 7. The zero-order valence-corrected chi connectivity index (χ0v) is 18.3. The number of anilines is 1. The molecule has 0 atom stereocenters. The van der Waals surface area contributed by atoms with E-state index in [1.807, 2.05) is 30.3 Å². The van der Waals surface area contributed by atoms with Crippen LogP contribution < -0.4 is 14.8 Å². The molecular formula is C22H21N5O4S. The van der Waals surface area contributed by atoms with Crippen molar-refractivity contribution in [3.05, 3.63) is 71.8 Å². The van der Waals surface area contributed by atoms with E-state index in [2.05, 4.69) is 20.4 Å². The van der Waals surface area contributed by atoms with Gasteiger partial charge in [-0.2, -0.15) is 5.10 Å². The lowest BCUT2D eigenvalue weighted by atomic mass is 10.1. The molecule has 0 spiro atoms. The number of rotatable bonds is 7. The van der Waals surface area contributed by atoms with Crippen LogP contribution in [0.5, 0.6) is 11.5 Å². The van der Waals surface area contributed by atoms with Crippen molar-refractivity contribution < 1.29 is 19.1 Å². The molecule has 0 aliphatic carbocycles. The van der Waals surface area contributed by atoms with Crippen LogP contribution in [0, 0.1) is 0 Å². The third-order valence-corrected chi connectivity index (χ3v) is 5.66. The van der Waals surface area contributed by atoms with E-state index in [1.54, 1.807) is 26.4 Å². The second-order valence-corrected chi connectivity index (χ2v) is 7.77. The zero-order chi connectivity index (χ0) is 22.5. The summed E-state index contributed by atoms with van der Waals surface area (Å²) in [5.41, 5.74) is 3.54. The Balaban J connectivity index is 1.47. The number of ether oxygens (including phenoxy) is 2. The summed E-state index contributed by atoms with van der Waals surface area (Å²) in [4.78, 5) is 31.1. The van der Waals surface area contributed by atoms with Gasteiger partial charge in [0, 0.05) is 17.0 Å². The molecule has 0 unspecified atom stereocenters. The highest BCUT2D eigenvalue weighted by atomic mass is 32.2. The van der Waals surface area contributed by atoms with Gasteiger partial charge in [0.2, 0.25) is 0 Å². The summed E-state index contributed by atoms with van der Waals surface area (Å²) in [7, 11) is 3.16. The SMILES string of the molecule is COc1ccc(C2=NN(Cc3ccc(NC(=O)c4cnc[nH]4)cc3)C(=O)SC2)cc1OC. The number of hydrogen-bond donors (Lipinski definition) is 2. The highest BCUT2D eigenvalue weighted by Crippen LogP contribution is 2.30. The Hall–Kier alpha value is -3.79. The number of thioether (sulfide) groups is 1. The number of nitrogens with zero attached hydrogens (tertiary/aromatic N) is 3. The Kier molecular flexibility index (Phi) is 6.41. The third-order valence-electron chi connectivity index (χ3n) is 4.79. The van der Waals surface area contributed by atoms with Crippen molar-refractivity contribution in [3.8, 4) is 11.5 Å². The number of aromatic nitrogens is 2. The number of imidazole rings is 1. The van der Waals surface area contributed by atoms with Crippen LogP contribution in [0.2, 0.25) is 0 Å². The number of nitrogens with one attached hydrogen (secondary N) is 2. The van der Waals surface area contributed by atoms with Crippen LogP contribution in [0.25, 0.3) is 0 Å². The topological polar surface area (TPSA) is 109 Å². The maximum atomic E-state index is 12.4. The molecule has 32 heavy (non-hydrogen) atoms. The molecule has 1 aliphatic heterocycles. The van der Waals surface area contributed by atoms with Gasteiger partial charge in [-0.1, -0.05) is 23.9 Å². The van der Waals surface area contributed by atoms with Crippen LogP contribution >= 0.6 is 11.8 Å². The number of benzene rings is 2. The molecule has 2 amide bonds. The Morgan fingerprint density at radius 2 is 1.94 bits per heavy atom. The van der Waals surface area contributed by atoms with E-state index in [0.717, 1.165) is 16.8 Å². The summed E-state index contributed by atoms with van der Waals surface area (Å²) in [6, 6.07) is 12.8. The first-order valence-corrected chi connectivity index (χ1v) is 10.7. The number of carbonyl (C=O) groups is 2. The lowest BCUT2D eigenvalue weighted by Gasteiger charge is -2.23. The van der Waals surface area contributed by atoms with E-state index in [-0.39, 0.29) is 11.1 Å². The van der Waals surface area contributed by atoms with Crippen molar-refractivity contribution in [1.29, 1.82) is 0 Å². The van der Waals surface area contributed by atoms with E-state index >= 15 is 0 Å². The highest BCUT2D eigenvalue weighted by molar-refractivity contribution is 8.14. The predicted octanol–water partition coefficient (Wildman–Crippen LogP) is 3.75. The molecule has 1 aromatic heterocycles. The van der Waals surface area contributed by atoms with Gasteiger partial charge in [0.1, 0.15) is 5.69 Å². The maximum absolute atomic E-state index is 12.4. The third kappa shape index (κ3) is 4.75. The molecule has 2 heterocycles. The summed E-state index contributed by atoms with van der Waals surface area (Å²) in [6.07, 6.45) is 2.90. The summed E-state index contributed by atoms with van der Waals surface area (Å²) < 4.78 is 10.7. The van der Waals surface area contributed by atoms with Gasteiger partial charge in [-0.3, -0.25) is 9.59 Å². The first kappa shape index (κ1) is 21.4. The first-order valence-electron chi connectivity index (χ1n) is 9.70. The van der Waals surface area contributed by atoms with Crippen LogP contribution in [-0.4, -0.2) is 51.8 Å². The fourth-order valence-electron chi connectivity index (χ4n) is 3.12.